The molecule has 0 saturated heterocycles. The first kappa shape index (κ1) is 17.0. The number of hydrogen-bond donors (Lipinski definition) is 1. The SMILES string of the molecule is CCCNC(CC1CCCC1)C(CC)(CC)OCC. The van der Waals surface area contributed by atoms with Crippen molar-refractivity contribution in [1.82, 2.24) is 5.32 Å². The fourth-order valence-electron chi connectivity index (χ4n) is 3.72. The lowest BCUT2D eigenvalue weighted by Crippen LogP contribution is -2.53. The number of nitrogens with one attached hydrogen (secondary N) is 1. The Labute approximate surface area is 120 Å². The summed E-state index contributed by atoms with van der Waals surface area (Å²) in [5, 5.41) is 3.80. The summed E-state index contributed by atoms with van der Waals surface area (Å²) < 4.78 is 6.23. The van der Waals surface area contributed by atoms with Crippen LogP contribution in [0.4, 0.5) is 0 Å². The van der Waals surface area contributed by atoms with Gasteiger partial charge < -0.3 is 10.1 Å². The topological polar surface area (TPSA) is 21.3 Å². The Balaban J connectivity index is 2.71. The van der Waals surface area contributed by atoms with Crippen LogP contribution in [0.3, 0.4) is 0 Å². The van der Waals surface area contributed by atoms with Crippen LogP contribution in [0.5, 0.6) is 0 Å². The Bertz CT molecular complexity index is 219. The van der Waals surface area contributed by atoms with Crippen molar-refractivity contribution in [3.05, 3.63) is 0 Å². The van der Waals surface area contributed by atoms with E-state index in [4.69, 9.17) is 4.74 Å². The molecule has 0 aromatic heterocycles. The van der Waals surface area contributed by atoms with E-state index in [9.17, 15) is 0 Å². The molecule has 0 aromatic carbocycles. The van der Waals surface area contributed by atoms with Gasteiger partial charge in [0.05, 0.1) is 5.60 Å². The average Bonchev–Trinajstić information content (AvgIpc) is 2.94. The molecule has 0 amide bonds. The highest BCUT2D eigenvalue weighted by molar-refractivity contribution is 4.93. The van der Waals surface area contributed by atoms with Gasteiger partial charge in [0.2, 0.25) is 0 Å². The summed E-state index contributed by atoms with van der Waals surface area (Å²) in [5.41, 5.74) is 0.0481. The van der Waals surface area contributed by atoms with Crippen molar-refractivity contribution in [2.75, 3.05) is 13.2 Å². The lowest BCUT2D eigenvalue weighted by molar-refractivity contribution is -0.0766. The van der Waals surface area contributed by atoms with Crippen LogP contribution in [0.15, 0.2) is 0 Å². The molecule has 0 aliphatic heterocycles. The van der Waals surface area contributed by atoms with Crippen LogP contribution in [0, 0.1) is 5.92 Å². The fourth-order valence-corrected chi connectivity index (χ4v) is 3.72. The Morgan fingerprint density at radius 3 is 2.21 bits per heavy atom. The minimum Gasteiger partial charge on any atom is -0.374 e. The van der Waals surface area contributed by atoms with Gasteiger partial charge in [-0.15, -0.1) is 0 Å². The zero-order valence-corrected chi connectivity index (χ0v) is 13.6. The molecule has 19 heavy (non-hydrogen) atoms. The highest BCUT2D eigenvalue weighted by atomic mass is 16.5. The number of ether oxygens (including phenoxy) is 1. The second-order valence-corrected chi connectivity index (χ2v) is 6.10. The fraction of sp³-hybridized carbons (Fsp3) is 1.00. The Kier molecular flexibility index (Phi) is 8.01. The van der Waals surface area contributed by atoms with Crippen LogP contribution in [-0.2, 0) is 4.74 Å². The molecule has 0 aromatic rings. The summed E-state index contributed by atoms with van der Waals surface area (Å²) >= 11 is 0. The van der Waals surface area contributed by atoms with Crippen LogP contribution in [0.2, 0.25) is 0 Å². The van der Waals surface area contributed by atoms with E-state index in [0.29, 0.717) is 6.04 Å². The molecule has 0 radical (unpaired) electrons. The van der Waals surface area contributed by atoms with Gasteiger partial charge in [0.1, 0.15) is 0 Å². The van der Waals surface area contributed by atoms with Crippen molar-refractivity contribution in [3.8, 4) is 0 Å². The predicted molar refractivity (Wildman–Crippen MR) is 83.6 cm³/mol. The second-order valence-electron chi connectivity index (χ2n) is 6.10. The van der Waals surface area contributed by atoms with Gasteiger partial charge >= 0.3 is 0 Å². The minimum absolute atomic E-state index is 0.0481. The highest BCUT2D eigenvalue weighted by Gasteiger charge is 2.37. The highest BCUT2D eigenvalue weighted by Crippen LogP contribution is 2.34. The van der Waals surface area contributed by atoms with Crippen molar-refractivity contribution < 1.29 is 4.74 Å². The van der Waals surface area contributed by atoms with Gasteiger partial charge in [-0.25, -0.2) is 0 Å². The van der Waals surface area contributed by atoms with Crippen LogP contribution >= 0.6 is 0 Å². The third kappa shape index (κ3) is 4.75. The predicted octanol–water partition coefficient (Wildman–Crippen LogP) is 4.53. The first-order valence-corrected chi connectivity index (χ1v) is 8.59. The van der Waals surface area contributed by atoms with Crippen molar-refractivity contribution >= 4 is 0 Å². The molecule has 1 rings (SSSR count). The monoisotopic (exact) mass is 269 g/mol. The molecule has 0 bridgehead atoms. The van der Waals surface area contributed by atoms with Crippen molar-refractivity contribution in [3.63, 3.8) is 0 Å². The maximum absolute atomic E-state index is 6.23. The molecule has 1 atom stereocenters. The third-order valence-corrected chi connectivity index (χ3v) is 4.95. The van der Waals surface area contributed by atoms with E-state index in [-0.39, 0.29) is 5.60 Å². The van der Waals surface area contributed by atoms with E-state index < -0.39 is 0 Å². The molecule has 1 N–H and O–H groups in total. The van der Waals surface area contributed by atoms with E-state index in [2.05, 4.69) is 33.0 Å². The molecular formula is C17H35NO. The number of rotatable bonds is 10. The summed E-state index contributed by atoms with van der Waals surface area (Å²) in [6.07, 6.45) is 10.5. The Morgan fingerprint density at radius 1 is 1.11 bits per heavy atom. The normalized spacial score (nSPS) is 18.9. The smallest absolute Gasteiger partial charge is 0.0829 e. The van der Waals surface area contributed by atoms with Gasteiger partial charge in [0.15, 0.2) is 0 Å². The Morgan fingerprint density at radius 2 is 1.74 bits per heavy atom. The maximum atomic E-state index is 6.23. The summed E-state index contributed by atoms with van der Waals surface area (Å²) in [5.74, 6) is 0.923. The lowest BCUT2D eigenvalue weighted by atomic mass is 9.82. The molecular weight excluding hydrogens is 234 g/mol. The molecule has 2 nitrogen and oxygen atoms in total. The zero-order valence-electron chi connectivity index (χ0n) is 13.6. The quantitative estimate of drug-likeness (QED) is 0.629. The molecule has 1 saturated carbocycles. The molecule has 1 fully saturated rings. The molecule has 0 heterocycles. The van der Waals surface area contributed by atoms with Gasteiger partial charge in [0, 0.05) is 12.6 Å². The standard InChI is InChI=1S/C17H35NO/c1-5-13-18-16(14-15-11-9-10-12-15)17(6-2,7-3)19-8-4/h15-16,18H,5-14H2,1-4H3. The summed E-state index contributed by atoms with van der Waals surface area (Å²) in [4.78, 5) is 0. The van der Waals surface area contributed by atoms with Crippen LogP contribution in [0.1, 0.15) is 79.1 Å². The van der Waals surface area contributed by atoms with E-state index in [1.807, 2.05) is 0 Å². The van der Waals surface area contributed by atoms with Crippen LogP contribution in [-0.4, -0.2) is 24.8 Å². The average molecular weight is 269 g/mol. The number of hydrogen-bond acceptors (Lipinski definition) is 2. The summed E-state index contributed by atoms with van der Waals surface area (Å²) in [7, 11) is 0. The summed E-state index contributed by atoms with van der Waals surface area (Å²) in [6.45, 7) is 10.9. The van der Waals surface area contributed by atoms with E-state index >= 15 is 0 Å². The largest absolute Gasteiger partial charge is 0.374 e. The van der Waals surface area contributed by atoms with Gasteiger partial charge in [-0.3, -0.25) is 0 Å². The van der Waals surface area contributed by atoms with E-state index in [0.717, 1.165) is 31.9 Å². The van der Waals surface area contributed by atoms with Crippen molar-refractivity contribution in [2.24, 2.45) is 5.92 Å². The first-order chi connectivity index (χ1) is 9.22. The van der Waals surface area contributed by atoms with Crippen molar-refractivity contribution in [2.45, 2.75) is 90.7 Å². The first-order valence-electron chi connectivity index (χ1n) is 8.59. The maximum Gasteiger partial charge on any atom is 0.0829 e. The van der Waals surface area contributed by atoms with Gasteiger partial charge in [0.25, 0.3) is 0 Å². The van der Waals surface area contributed by atoms with Gasteiger partial charge in [-0.2, -0.15) is 0 Å². The second kappa shape index (κ2) is 8.97. The van der Waals surface area contributed by atoms with E-state index in [1.54, 1.807) is 0 Å². The molecule has 114 valence electrons. The molecule has 0 spiro atoms. The molecule has 1 aliphatic rings. The molecule has 2 heteroatoms. The molecule has 1 aliphatic carbocycles. The van der Waals surface area contributed by atoms with E-state index in [1.165, 1.54) is 38.5 Å². The van der Waals surface area contributed by atoms with Crippen molar-refractivity contribution in [1.29, 1.82) is 0 Å². The summed E-state index contributed by atoms with van der Waals surface area (Å²) in [6, 6.07) is 0.533. The zero-order chi connectivity index (χ0) is 14.1. The van der Waals surface area contributed by atoms with Crippen LogP contribution < -0.4 is 5.32 Å². The molecule has 1 unspecified atom stereocenters. The lowest BCUT2D eigenvalue weighted by Gasteiger charge is -2.41. The third-order valence-electron chi connectivity index (χ3n) is 4.95. The Hall–Kier alpha value is -0.0800. The van der Waals surface area contributed by atoms with Gasteiger partial charge in [-0.05, 0) is 45.1 Å². The van der Waals surface area contributed by atoms with Crippen LogP contribution in [0.25, 0.3) is 0 Å². The van der Waals surface area contributed by atoms with Gasteiger partial charge in [-0.1, -0.05) is 46.5 Å². The minimum atomic E-state index is 0.0481.